The summed E-state index contributed by atoms with van der Waals surface area (Å²) in [5.74, 6) is -0.00920. The van der Waals surface area contributed by atoms with Gasteiger partial charge in [0, 0.05) is 11.6 Å². The number of benzene rings is 2. The molecule has 0 saturated carbocycles. The van der Waals surface area contributed by atoms with Gasteiger partial charge < -0.3 is 25.2 Å². The molecule has 3 rings (SSSR count). The Labute approximate surface area is 179 Å². The average Bonchev–Trinajstić information content (AvgIpc) is 2.73. The van der Waals surface area contributed by atoms with Crippen LogP contribution in [0.4, 0.5) is 10.5 Å². The van der Waals surface area contributed by atoms with Gasteiger partial charge in [0.1, 0.15) is 18.1 Å². The second-order valence-electron chi connectivity index (χ2n) is 6.89. The SMILES string of the molecule is C=CCOC(=O)Oc1ccc(C[C@H](N)C(=O)N2CCCc3cccc(O)c32)c(Cl)c1. The number of carbonyl (C=O) groups is 2. The fourth-order valence-electron chi connectivity index (χ4n) is 3.39. The van der Waals surface area contributed by atoms with E-state index in [2.05, 4.69) is 6.58 Å². The number of fused-ring (bicyclic) bond motifs is 1. The number of nitrogens with two attached hydrogens (primary N) is 1. The number of amides is 1. The van der Waals surface area contributed by atoms with Crippen molar-refractivity contribution < 1.29 is 24.2 Å². The summed E-state index contributed by atoms with van der Waals surface area (Å²) in [5, 5.41) is 10.5. The fraction of sp³-hybridized carbons (Fsp3) is 0.273. The van der Waals surface area contributed by atoms with E-state index in [-0.39, 0.29) is 30.4 Å². The Morgan fingerprint density at radius 3 is 2.87 bits per heavy atom. The normalized spacial score (nSPS) is 13.9. The fourth-order valence-corrected chi connectivity index (χ4v) is 3.63. The summed E-state index contributed by atoms with van der Waals surface area (Å²) in [6, 6.07) is 9.03. The number of halogens is 1. The third-order valence-corrected chi connectivity index (χ3v) is 5.12. The predicted molar refractivity (Wildman–Crippen MR) is 114 cm³/mol. The van der Waals surface area contributed by atoms with Crippen molar-refractivity contribution in [3.05, 3.63) is 65.2 Å². The lowest BCUT2D eigenvalue weighted by molar-refractivity contribution is -0.119. The highest BCUT2D eigenvalue weighted by molar-refractivity contribution is 6.31. The molecule has 3 N–H and O–H groups in total. The molecule has 0 fully saturated rings. The van der Waals surface area contributed by atoms with Gasteiger partial charge in [-0.1, -0.05) is 42.5 Å². The van der Waals surface area contributed by atoms with Crippen LogP contribution >= 0.6 is 11.6 Å². The first-order valence-electron chi connectivity index (χ1n) is 9.52. The van der Waals surface area contributed by atoms with Crippen molar-refractivity contribution in [1.29, 1.82) is 0 Å². The highest BCUT2D eigenvalue weighted by Crippen LogP contribution is 2.36. The van der Waals surface area contributed by atoms with E-state index in [0.29, 0.717) is 22.8 Å². The Hall–Kier alpha value is -3.03. The molecule has 2 aromatic carbocycles. The van der Waals surface area contributed by atoms with Crippen LogP contribution in [0.2, 0.25) is 5.02 Å². The van der Waals surface area contributed by atoms with E-state index in [1.807, 2.05) is 6.07 Å². The van der Waals surface area contributed by atoms with Crippen molar-refractivity contribution in [3.63, 3.8) is 0 Å². The summed E-state index contributed by atoms with van der Waals surface area (Å²) in [5.41, 5.74) is 8.27. The Morgan fingerprint density at radius 1 is 1.33 bits per heavy atom. The molecule has 1 aliphatic rings. The molecule has 1 amide bonds. The third-order valence-electron chi connectivity index (χ3n) is 4.76. The number of rotatable bonds is 6. The van der Waals surface area contributed by atoms with E-state index >= 15 is 0 Å². The number of carbonyl (C=O) groups excluding carboxylic acids is 2. The zero-order chi connectivity index (χ0) is 21.7. The molecule has 1 heterocycles. The highest BCUT2D eigenvalue weighted by atomic mass is 35.5. The first-order valence-corrected chi connectivity index (χ1v) is 9.90. The lowest BCUT2D eigenvalue weighted by atomic mass is 9.98. The molecule has 30 heavy (non-hydrogen) atoms. The number of anilines is 1. The summed E-state index contributed by atoms with van der Waals surface area (Å²) in [6.45, 7) is 3.98. The number of aromatic hydroxyl groups is 1. The largest absolute Gasteiger partial charge is 0.514 e. The molecule has 158 valence electrons. The van der Waals surface area contributed by atoms with Gasteiger partial charge >= 0.3 is 6.16 Å². The maximum Gasteiger partial charge on any atom is 0.514 e. The van der Waals surface area contributed by atoms with Gasteiger partial charge in [0.05, 0.1) is 11.7 Å². The predicted octanol–water partition coefficient (Wildman–Crippen LogP) is 3.60. The molecule has 2 aromatic rings. The van der Waals surface area contributed by atoms with Crippen molar-refractivity contribution in [2.45, 2.75) is 25.3 Å². The third kappa shape index (κ3) is 4.93. The molecule has 0 aliphatic carbocycles. The van der Waals surface area contributed by atoms with Gasteiger partial charge in [-0.25, -0.2) is 4.79 Å². The highest BCUT2D eigenvalue weighted by Gasteiger charge is 2.29. The minimum absolute atomic E-state index is 0.0385. The summed E-state index contributed by atoms with van der Waals surface area (Å²) in [7, 11) is 0. The molecule has 0 saturated heterocycles. The van der Waals surface area contributed by atoms with Crippen molar-refractivity contribution in [3.8, 4) is 11.5 Å². The number of para-hydroxylation sites is 1. The number of aryl methyl sites for hydroxylation is 1. The maximum absolute atomic E-state index is 13.0. The Kier molecular flexibility index (Phi) is 6.97. The zero-order valence-corrected chi connectivity index (χ0v) is 17.1. The van der Waals surface area contributed by atoms with Crippen molar-refractivity contribution >= 4 is 29.4 Å². The Balaban J connectivity index is 1.69. The lowest BCUT2D eigenvalue weighted by Gasteiger charge is -2.32. The van der Waals surface area contributed by atoms with Crippen molar-refractivity contribution in [2.24, 2.45) is 5.73 Å². The van der Waals surface area contributed by atoms with Crippen molar-refractivity contribution in [2.75, 3.05) is 18.1 Å². The molecule has 8 heteroatoms. The number of hydrogen-bond donors (Lipinski definition) is 2. The molecule has 0 unspecified atom stereocenters. The van der Waals surface area contributed by atoms with Crippen LogP contribution in [-0.2, 0) is 22.4 Å². The molecule has 0 spiro atoms. The van der Waals surface area contributed by atoms with Crippen molar-refractivity contribution in [1.82, 2.24) is 0 Å². The number of nitrogens with zero attached hydrogens (tertiary/aromatic N) is 1. The Bertz CT molecular complexity index is 963. The first kappa shape index (κ1) is 21.7. The number of phenolic OH excluding ortho intramolecular Hbond substituents is 1. The Morgan fingerprint density at radius 2 is 2.13 bits per heavy atom. The molecule has 0 aromatic heterocycles. The van der Waals surface area contributed by atoms with Gasteiger partial charge in [0.2, 0.25) is 5.91 Å². The smallest absolute Gasteiger partial charge is 0.506 e. The number of phenols is 1. The van der Waals surface area contributed by atoms with E-state index in [4.69, 9.17) is 26.8 Å². The summed E-state index contributed by atoms with van der Waals surface area (Å²) >= 11 is 6.29. The van der Waals surface area contributed by atoms with Gasteiger partial charge in [-0.3, -0.25) is 4.79 Å². The summed E-state index contributed by atoms with van der Waals surface area (Å²) < 4.78 is 9.78. The quantitative estimate of drug-likeness (QED) is 0.412. The zero-order valence-electron chi connectivity index (χ0n) is 16.3. The lowest BCUT2D eigenvalue weighted by Crippen LogP contribution is -2.47. The van der Waals surface area contributed by atoms with Crippen LogP contribution in [0, 0.1) is 0 Å². The van der Waals surface area contributed by atoms with Gasteiger partial charge in [-0.15, -0.1) is 0 Å². The second-order valence-corrected chi connectivity index (χ2v) is 7.30. The standard InChI is InChI=1S/C22H23ClN2O5/c1-2-11-29-22(28)30-16-9-8-15(17(23)13-16)12-18(24)21(27)25-10-4-6-14-5-3-7-19(26)20(14)25/h2-3,5,7-9,13,18,26H,1,4,6,10-12,24H2/t18-/m0/s1. The maximum atomic E-state index is 13.0. The summed E-state index contributed by atoms with van der Waals surface area (Å²) in [6.07, 6.45) is 2.35. The van der Waals surface area contributed by atoms with Gasteiger partial charge in [0.15, 0.2) is 0 Å². The average molecular weight is 431 g/mol. The molecule has 7 nitrogen and oxygen atoms in total. The molecule has 0 radical (unpaired) electrons. The second kappa shape index (κ2) is 9.65. The van der Waals surface area contributed by atoms with Crippen LogP contribution in [0.3, 0.4) is 0 Å². The molecule has 1 atom stereocenters. The van der Waals surface area contributed by atoms with Crippen LogP contribution in [0.25, 0.3) is 0 Å². The van der Waals surface area contributed by atoms with E-state index < -0.39 is 12.2 Å². The monoisotopic (exact) mass is 430 g/mol. The van der Waals surface area contributed by atoms with Crippen LogP contribution < -0.4 is 15.4 Å². The van der Waals surface area contributed by atoms with E-state index in [1.54, 1.807) is 29.2 Å². The van der Waals surface area contributed by atoms with Crippen LogP contribution in [-0.4, -0.2) is 36.4 Å². The number of ether oxygens (including phenoxy) is 2. The van der Waals surface area contributed by atoms with Crippen LogP contribution in [0.1, 0.15) is 17.5 Å². The topological polar surface area (TPSA) is 102 Å². The molecule has 0 bridgehead atoms. The minimum atomic E-state index is -0.867. The van der Waals surface area contributed by atoms with Gasteiger partial charge in [-0.2, -0.15) is 0 Å². The first-order chi connectivity index (χ1) is 14.4. The van der Waals surface area contributed by atoms with E-state index in [9.17, 15) is 14.7 Å². The van der Waals surface area contributed by atoms with E-state index in [1.165, 1.54) is 12.1 Å². The van der Waals surface area contributed by atoms with Crippen LogP contribution in [0.15, 0.2) is 49.1 Å². The summed E-state index contributed by atoms with van der Waals surface area (Å²) in [4.78, 5) is 26.0. The van der Waals surface area contributed by atoms with E-state index in [0.717, 1.165) is 18.4 Å². The number of hydrogen-bond acceptors (Lipinski definition) is 6. The molecular formula is C22H23ClN2O5. The van der Waals surface area contributed by atoms with Gasteiger partial charge in [0.25, 0.3) is 0 Å². The molecular weight excluding hydrogens is 408 g/mol. The van der Waals surface area contributed by atoms with Gasteiger partial charge in [-0.05, 0) is 48.6 Å². The molecule has 1 aliphatic heterocycles. The van der Waals surface area contributed by atoms with Crippen LogP contribution in [0.5, 0.6) is 11.5 Å². The minimum Gasteiger partial charge on any atom is -0.506 e.